The summed E-state index contributed by atoms with van der Waals surface area (Å²) >= 11 is 0. The molecular weight excluding hydrogens is 450 g/mol. The Morgan fingerprint density at radius 3 is 2.03 bits per heavy atom. The third kappa shape index (κ3) is 6.17. The van der Waals surface area contributed by atoms with E-state index >= 15 is 0 Å². The summed E-state index contributed by atoms with van der Waals surface area (Å²) in [6, 6.07) is 14.0. The number of carbonyl (C=O) groups is 4. The second-order valence-corrected chi connectivity index (χ2v) is 8.78. The zero-order valence-corrected chi connectivity index (χ0v) is 20.0. The lowest BCUT2D eigenvalue weighted by Crippen LogP contribution is -2.52. The highest BCUT2D eigenvalue weighted by Gasteiger charge is 2.30. The zero-order valence-electron chi connectivity index (χ0n) is 20.0. The van der Waals surface area contributed by atoms with Crippen molar-refractivity contribution in [3.8, 4) is 11.1 Å². The summed E-state index contributed by atoms with van der Waals surface area (Å²) in [7, 11) is 0. The van der Waals surface area contributed by atoms with Crippen LogP contribution in [0, 0.1) is 5.92 Å². The summed E-state index contributed by atoms with van der Waals surface area (Å²) in [5.74, 6) is -2.72. The van der Waals surface area contributed by atoms with Crippen LogP contribution in [0.15, 0.2) is 48.5 Å². The molecule has 0 unspecified atom stereocenters. The largest absolute Gasteiger partial charge is 0.480 e. The number of benzene rings is 2. The number of amides is 3. The van der Waals surface area contributed by atoms with Gasteiger partial charge in [-0.25, -0.2) is 9.59 Å². The maximum Gasteiger partial charge on any atom is 0.407 e. The Bertz CT molecular complexity index is 1050. The number of alkyl carbamates (subject to hydrolysis) is 1. The summed E-state index contributed by atoms with van der Waals surface area (Å²) in [6.07, 6.45) is -0.519. The van der Waals surface area contributed by atoms with Crippen LogP contribution in [-0.2, 0) is 19.1 Å². The van der Waals surface area contributed by atoms with E-state index in [2.05, 4.69) is 16.0 Å². The molecule has 0 saturated carbocycles. The molecule has 0 heterocycles. The second kappa shape index (κ2) is 11.5. The zero-order chi connectivity index (χ0) is 25.5. The van der Waals surface area contributed by atoms with Gasteiger partial charge >= 0.3 is 12.1 Å². The Morgan fingerprint density at radius 2 is 1.51 bits per heavy atom. The van der Waals surface area contributed by atoms with Crippen molar-refractivity contribution in [3.05, 3.63) is 59.7 Å². The van der Waals surface area contributed by atoms with Crippen molar-refractivity contribution in [1.82, 2.24) is 16.0 Å². The molecule has 9 heteroatoms. The molecule has 3 amide bonds. The van der Waals surface area contributed by atoms with Gasteiger partial charge in [-0.1, -0.05) is 69.3 Å². The van der Waals surface area contributed by atoms with E-state index in [9.17, 15) is 19.2 Å². The molecule has 35 heavy (non-hydrogen) atoms. The van der Waals surface area contributed by atoms with Crippen molar-refractivity contribution < 1.29 is 29.0 Å². The number of rotatable bonds is 10. The van der Waals surface area contributed by atoms with E-state index in [1.165, 1.54) is 0 Å². The number of hydrogen-bond acceptors (Lipinski definition) is 5. The number of hydrogen-bond donors (Lipinski definition) is 4. The van der Waals surface area contributed by atoms with Gasteiger partial charge in [-0.05, 0) is 34.6 Å². The van der Waals surface area contributed by atoms with E-state index in [0.717, 1.165) is 22.3 Å². The number of carbonyl (C=O) groups excluding carboxylic acids is 3. The highest BCUT2D eigenvalue weighted by molar-refractivity contribution is 5.91. The summed E-state index contributed by atoms with van der Waals surface area (Å²) < 4.78 is 5.52. The molecule has 2 aromatic rings. The highest BCUT2D eigenvalue weighted by atomic mass is 16.5. The summed E-state index contributed by atoms with van der Waals surface area (Å²) in [5, 5.41) is 16.4. The average molecular weight is 482 g/mol. The molecule has 4 N–H and O–H groups in total. The molecule has 0 radical (unpaired) electrons. The third-order valence-corrected chi connectivity index (χ3v) is 6.03. The van der Waals surface area contributed by atoms with Crippen LogP contribution < -0.4 is 16.0 Å². The summed E-state index contributed by atoms with van der Waals surface area (Å²) in [5.41, 5.74) is 4.39. The van der Waals surface area contributed by atoms with Gasteiger partial charge in [0.25, 0.3) is 0 Å². The van der Waals surface area contributed by atoms with Crippen LogP contribution in [0.1, 0.15) is 44.2 Å². The van der Waals surface area contributed by atoms with Crippen molar-refractivity contribution in [2.24, 2.45) is 5.92 Å². The number of fused-ring (bicyclic) bond motifs is 3. The molecule has 0 bridgehead atoms. The Kier molecular flexibility index (Phi) is 8.46. The van der Waals surface area contributed by atoms with Crippen molar-refractivity contribution in [3.63, 3.8) is 0 Å². The smallest absolute Gasteiger partial charge is 0.407 e. The quantitative estimate of drug-likeness (QED) is 0.412. The van der Waals surface area contributed by atoms with Crippen molar-refractivity contribution in [2.75, 3.05) is 13.2 Å². The molecule has 1 aliphatic rings. The highest BCUT2D eigenvalue weighted by Crippen LogP contribution is 2.44. The Morgan fingerprint density at radius 1 is 0.943 bits per heavy atom. The lowest BCUT2D eigenvalue weighted by Gasteiger charge is -2.22. The van der Waals surface area contributed by atoms with Crippen molar-refractivity contribution in [1.29, 1.82) is 0 Å². The minimum Gasteiger partial charge on any atom is -0.480 e. The number of carboxylic acid groups (broad SMARTS) is 1. The van der Waals surface area contributed by atoms with Crippen molar-refractivity contribution in [2.45, 2.75) is 45.2 Å². The first-order chi connectivity index (χ1) is 16.7. The van der Waals surface area contributed by atoms with Crippen LogP contribution in [0.3, 0.4) is 0 Å². The van der Waals surface area contributed by atoms with Gasteiger partial charge in [-0.3, -0.25) is 9.59 Å². The first kappa shape index (κ1) is 25.7. The minimum absolute atomic E-state index is 0.107. The Labute approximate surface area is 204 Å². The lowest BCUT2D eigenvalue weighted by molar-refractivity contribution is -0.141. The van der Waals surface area contributed by atoms with E-state index in [0.29, 0.717) is 0 Å². The molecule has 0 saturated heterocycles. The maximum atomic E-state index is 12.6. The topological polar surface area (TPSA) is 134 Å². The predicted molar refractivity (Wildman–Crippen MR) is 130 cm³/mol. The first-order valence-corrected chi connectivity index (χ1v) is 11.6. The molecule has 186 valence electrons. The molecule has 0 aromatic heterocycles. The number of carboxylic acids is 1. The van der Waals surface area contributed by atoms with Crippen LogP contribution >= 0.6 is 0 Å². The van der Waals surface area contributed by atoms with E-state index in [1.807, 2.05) is 48.5 Å². The van der Waals surface area contributed by atoms with Gasteiger partial charge in [0, 0.05) is 5.92 Å². The lowest BCUT2D eigenvalue weighted by atomic mass is 9.98. The molecule has 2 atom stereocenters. The van der Waals surface area contributed by atoms with Crippen molar-refractivity contribution >= 4 is 23.9 Å². The van der Waals surface area contributed by atoms with Gasteiger partial charge < -0.3 is 25.8 Å². The van der Waals surface area contributed by atoms with Crippen LogP contribution in [0.2, 0.25) is 0 Å². The molecule has 2 aromatic carbocycles. The molecular formula is C26H31N3O6. The fraction of sp³-hybridized carbons (Fsp3) is 0.385. The average Bonchev–Trinajstić information content (AvgIpc) is 3.16. The van der Waals surface area contributed by atoms with Crippen LogP contribution in [0.5, 0.6) is 0 Å². The molecule has 0 spiro atoms. The van der Waals surface area contributed by atoms with Gasteiger partial charge in [0.15, 0.2) is 0 Å². The Hall–Kier alpha value is -3.88. The van der Waals surface area contributed by atoms with E-state index in [1.54, 1.807) is 20.8 Å². The fourth-order valence-corrected chi connectivity index (χ4v) is 4.16. The standard InChI is InChI=1S/C26H31N3O6/c1-4-21(25(32)33)28-22(30)13-27-24(31)23(15(2)3)29-26(34)35-14-20-18-11-7-5-9-16(18)17-10-6-8-12-19(17)20/h5-12,15,20-21,23H,4,13-14H2,1-3H3,(H,27,31)(H,28,30)(H,29,34)(H,32,33)/t21-,23-/m0/s1. The molecule has 0 fully saturated rings. The van der Waals surface area contributed by atoms with E-state index < -0.39 is 42.5 Å². The van der Waals surface area contributed by atoms with Gasteiger partial charge in [0.2, 0.25) is 11.8 Å². The monoisotopic (exact) mass is 481 g/mol. The van der Waals surface area contributed by atoms with E-state index in [4.69, 9.17) is 9.84 Å². The normalized spacial score (nSPS) is 13.8. The fourth-order valence-electron chi connectivity index (χ4n) is 4.16. The number of aliphatic carboxylic acids is 1. The van der Waals surface area contributed by atoms with Gasteiger partial charge in [-0.2, -0.15) is 0 Å². The summed E-state index contributed by atoms with van der Waals surface area (Å²) in [6.45, 7) is 4.85. The number of ether oxygens (including phenoxy) is 1. The van der Waals surface area contributed by atoms with Gasteiger partial charge in [0.05, 0.1) is 6.54 Å². The SMILES string of the molecule is CC[C@H](NC(=O)CNC(=O)[C@@H](NC(=O)OCC1c2ccccc2-c2ccccc21)C(C)C)C(=O)O. The molecule has 1 aliphatic carbocycles. The van der Waals surface area contributed by atoms with E-state index in [-0.39, 0.29) is 24.9 Å². The number of nitrogens with one attached hydrogen (secondary N) is 3. The van der Waals surface area contributed by atoms with Crippen LogP contribution in [-0.4, -0.2) is 54.2 Å². The van der Waals surface area contributed by atoms with Gasteiger partial charge in [-0.15, -0.1) is 0 Å². The second-order valence-electron chi connectivity index (χ2n) is 8.78. The van der Waals surface area contributed by atoms with Crippen LogP contribution in [0.4, 0.5) is 4.79 Å². The minimum atomic E-state index is -1.15. The predicted octanol–water partition coefficient (Wildman–Crippen LogP) is 2.65. The van der Waals surface area contributed by atoms with Gasteiger partial charge in [0.1, 0.15) is 18.7 Å². The maximum absolute atomic E-state index is 12.6. The Balaban J connectivity index is 1.56. The van der Waals surface area contributed by atoms with Crippen LogP contribution in [0.25, 0.3) is 11.1 Å². The first-order valence-electron chi connectivity index (χ1n) is 11.6. The third-order valence-electron chi connectivity index (χ3n) is 6.03. The molecule has 3 rings (SSSR count). The molecule has 9 nitrogen and oxygen atoms in total. The molecule has 0 aliphatic heterocycles. The summed E-state index contributed by atoms with van der Waals surface area (Å²) in [4.78, 5) is 48.2.